The summed E-state index contributed by atoms with van der Waals surface area (Å²) in [7, 11) is -3.70. The number of ketones is 1. The maximum absolute atomic E-state index is 11.7. The molecular weight excluding hydrogens is 356 g/mol. The molecule has 0 bridgehead atoms. The van der Waals surface area contributed by atoms with Crippen molar-refractivity contribution in [1.29, 1.82) is 0 Å². The van der Waals surface area contributed by atoms with Crippen LogP contribution in [0.25, 0.3) is 0 Å². The molecule has 0 rings (SSSR count). The van der Waals surface area contributed by atoms with E-state index in [1.54, 1.807) is 6.92 Å². The zero-order chi connectivity index (χ0) is 21.1. The van der Waals surface area contributed by atoms with E-state index in [2.05, 4.69) is 81.6 Å². The summed E-state index contributed by atoms with van der Waals surface area (Å²) in [4.78, 5) is 11.7. The quantitative estimate of drug-likeness (QED) is 0.405. The van der Waals surface area contributed by atoms with Crippen LogP contribution in [0.15, 0.2) is 0 Å². The van der Waals surface area contributed by atoms with Crippen molar-refractivity contribution < 1.29 is 13.6 Å². The van der Waals surface area contributed by atoms with Crippen LogP contribution < -0.4 is 0 Å². The second-order valence-electron chi connectivity index (χ2n) is 11.3. The van der Waals surface area contributed by atoms with Gasteiger partial charge >= 0.3 is 0 Å². The molecular formula is C21H46O3Si2. The van der Waals surface area contributed by atoms with Gasteiger partial charge < -0.3 is 13.6 Å². The van der Waals surface area contributed by atoms with Gasteiger partial charge in [-0.3, -0.25) is 0 Å². The maximum atomic E-state index is 11.7. The van der Waals surface area contributed by atoms with Crippen molar-refractivity contribution in [2.75, 3.05) is 6.61 Å². The standard InChI is InChI=1S/C21H46O3Si2/c1-16(14-18(3)22)19(24-26(12,13)21(7,8)9)17(2)15-23-25(10,11)20(4,5)6/h16-17,19H,14-15H2,1-13H3/t16-,17+,19-/m0/s1. The van der Waals surface area contributed by atoms with Crippen molar-refractivity contribution in [3.63, 3.8) is 0 Å². The fourth-order valence-electron chi connectivity index (χ4n) is 2.53. The van der Waals surface area contributed by atoms with Crippen LogP contribution >= 0.6 is 0 Å². The summed E-state index contributed by atoms with van der Waals surface area (Å²) in [6, 6.07) is 0. The van der Waals surface area contributed by atoms with Crippen molar-refractivity contribution in [3.05, 3.63) is 0 Å². The average molecular weight is 403 g/mol. The van der Waals surface area contributed by atoms with E-state index in [9.17, 15) is 4.79 Å². The first-order valence-corrected chi connectivity index (χ1v) is 15.9. The number of carbonyl (C=O) groups is 1. The van der Waals surface area contributed by atoms with E-state index < -0.39 is 16.6 Å². The Hall–Kier alpha value is 0.0238. The van der Waals surface area contributed by atoms with Gasteiger partial charge in [-0.05, 0) is 49.1 Å². The maximum Gasteiger partial charge on any atom is 0.192 e. The minimum Gasteiger partial charge on any atom is -0.416 e. The van der Waals surface area contributed by atoms with E-state index in [1.165, 1.54) is 0 Å². The van der Waals surface area contributed by atoms with Gasteiger partial charge in [0, 0.05) is 18.9 Å². The molecule has 5 heteroatoms. The summed E-state index contributed by atoms with van der Waals surface area (Å²) >= 11 is 0. The minimum atomic E-state index is -1.91. The molecule has 0 radical (unpaired) electrons. The molecule has 156 valence electrons. The molecule has 0 aromatic rings. The van der Waals surface area contributed by atoms with Crippen LogP contribution in [-0.2, 0) is 13.6 Å². The van der Waals surface area contributed by atoms with Gasteiger partial charge in [0.05, 0.1) is 6.10 Å². The van der Waals surface area contributed by atoms with E-state index in [0.29, 0.717) is 13.0 Å². The number of carbonyl (C=O) groups excluding carboxylic acids is 1. The van der Waals surface area contributed by atoms with Gasteiger partial charge in [0.1, 0.15) is 5.78 Å². The topological polar surface area (TPSA) is 35.5 Å². The third-order valence-corrected chi connectivity index (χ3v) is 15.5. The zero-order valence-electron chi connectivity index (χ0n) is 19.9. The molecule has 0 unspecified atom stereocenters. The molecule has 0 aliphatic heterocycles. The van der Waals surface area contributed by atoms with Crippen LogP contribution in [0.3, 0.4) is 0 Å². The largest absolute Gasteiger partial charge is 0.416 e. The highest BCUT2D eigenvalue weighted by Crippen LogP contribution is 2.40. The van der Waals surface area contributed by atoms with Crippen molar-refractivity contribution in [1.82, 2.24) is 0 Å². The second kappa shape index (κ2) is 9.02. The van der Waals surface area contributed by atoms with Gasteiger partial charge in [-0.2, -0.15) is 0 Å². The van der Waals surface area contributed by atoms with Crippen molar-refractivity contribution >= 4 is 22.4 Å². The van der Waals surface area contributed by atoms with Crippen molar-refractivity contribution in [2.45, 2.75) is 111 Å². The normalized spacial score (nSPS) is 17.7. The van der Waals surface area contributed by atoms with Gasteiger partial charge in [-0.15, -0.1) is 0 Å². The Morgan fingerprint density at radius 1 is 0.846 bits per heavy atom. The molecule has 0 saturated carbocycles. The number of hydrogen-bond donors (Lipinski definition) is 0. The summed E-state index contributed by atoms with van der Waals surface area (Å²) in [5.41, 5.74) is 0. The third kappa shape index (κ3) is 7.57. The average Bonchev–Trinajstić information content (AvgIpc) is 2.38. The van der Waals surface area contributed by atoms with Crippen molar-refractivity contribution in [2.24, 2.45) is 11.8 Å². The molecule has 0 aliphatic rings. The molecule has 0 aromatic heterocycles. The summed E-state index contributed by atoms with van der Waals surface area (Å²) in [5.74, 6) is 0.714. The van der Waals surface area contributed by atoms with Crippen LogP contribution in [0.2, 0.25) is 36.3 Å². The Balaban J connectivity index is 5.37. The molecule has 0 spiro atoms. The third-order valence-electron chi connectivity index (χ3n) is 6.48. The lowest BCUT2D eigenvalue weighted by atomic mass is 9.90. The van der Waals surface area contributed by atoms with Crippen molar-refractivity contribution in [3.8, 4) is 0 Å². The molecule has 0 fully saturated rings. The molecule has 0 aliphatic carbocycles. The minimum absolute atomic E-state index is 0.0598. The Labute approximate surface area is 165 Å². The molecule has 0 N–H and O–H groups in total. The Bertz CT molecular complexity index is 459. The van der Waals surface area contributed by atoms with Crippen LogP contribution in [0.4, 0.5) is 0 Å². The van der Waals surface area contributed by atoms with Crippen LogP contribution in [0, 0.1) is 11.8 Å². The molecule has 0 aromatic carbocycles. The molecule has 3 nitrogen and oxygen atoms in total. The molecule has 3 atom stereocenters. The SMILES string of the molecule is CC(=O)C[C@H](C)[C@H](O[Si](C)(C)C(C)(C)C)[C@H](C)CO[Si](C)(C)C(C)(C)C. The highest BCUT2D eigenvalue weighted by Gasteiger charge is 2.42. The molecule has 26 heavy (non-hydrogen) atoms. The fraction of sp³-hybridized carbons (Fsp3) is 0.952. The van der Waals surface area contributed by atoms with E-state index in [0.717, 1.165) is 0 Å². The Morgan fingerprint density at radius 2 is 1.27 bits per heavy atom. The summed E-state index contributed by atoms with van der Waals surface area (Å²) in [6.45, 7) is 29.5. The molecule has 0 heterocycles. The first-order valence-electron chi connectivity index (χ1n) is 10.1. The summed E-state index contributed by atoms with van der Waals surface area (Å²) < 4.78 is 13.3. The van der Waals surface area contributed by atoms with Crippen LogP contribution in [-0.4, -0.2) is 35.1 Å². The van der Waals surface area contributed by atoms with Gasteiger partial charge in [-0.25, -0.2) is 0 Å². The highest BCUT2D eigenvalue weighted by molar-refractivity contribution is 6.74. The number of Topliss-reactive ketones (excluding diaryl/α,β-unsaturated/α-hetero) is 1. The first kappa shape index (κ1) is 26.0. The zero-order valence-corrected chi connectivity index (χ0v) is 21.9. The van der Waals surface area contributed by atoms with Gasteiger partial charge in [0.25, 0.3) is 0 Å². The van der Waals surface area contributed by atoms with E-state index in [-0.39, 0.29) is 33.8 Å². The summed E-state index contributed by atoms with van der Waals surface area (Å²) in [5, 5.41) is 0.356. The predicted octanol–water partition coefficient (Wildman–Crippen LogP) is 6.65. The van der Waals surface area contributed by atoms with Gasteiger partial charge in [0.2, 0.25) is 0 Å². The van der Waals surface area contributed by atoms with Gasteiger partial charge in [0.15, 0.2) is 16.6 Å². The van der Waals surface area contributed by atoms with E-state index >= 15 is 0 Å². The monoisotopic (exact) mass is 402 g/mol. The lowest BCUT2D eigenvalue weighted by Gasteiger charge is -2.44. The molecule has 0 amide bonds. The highest BCUT2D eigenvalue weighted by atomic mass is 28.4. The Kier molecular flexibility index (Phi) is 9.02. The lowest BCUT2D eigenvalue weighted by molar-refractivity contribution is -0.118. The van der Waals surface area contributed by atoms with Crippen LogP contribution in [0.1, 0.15) is 68.7 Å². The van der Waals surface area contributed by atoms with E-state index in [4.69, 9.17) is 8.85 Å². The summed E-state index contributed by atoms with van der Waals surface area (Å²) in [6.07, 6.45) is 0.633. The smallest absolute Gasteiger partial charge is 0.192 e. The molecule has 0 saturated heterocycles. The number of rotatable bonds is 9. The Morgan fingerprint density at radius 3 is 1.62 bits per heavy atom. The predicted molar refractivity (Wildman–Crippen MR) is 119 cm³/mol. The van der Waals surface area contributed by atoms with E-state index in [1.807, 2.05) is 0 Å². The fourth-order valence-corrected chi connectivity index (χ4v) is 5.14. The second-order valence-corrected chi connectivity index (χ2v) is 20.8. The number of hydrogen-bond acceptors (Lipinski definition) is 3. The van der Waals surface area contributed by atoms with Crippen LogP contribution in [0.5, 0.6) is 0 Å². The lowest BCUT2D eigenvalue weighted by Crippen LogP contribution is -2.49. The first-order chi connectivity index (χ1) is 11.3. The van der Waals surface area contributed by atoms with Gasteiger partial charge in [-0.1, -0.05) is 55.4 Å².